The normalized spacial score (nSPS) is 11.4. The third-order valence-electron chi connectivity index (χ3n) is 2.67. The SMILES string of the molecule is Cc1cc(C(C)(C)C)cc(C)c1OCC(=O)O. The first-order chi connectivity index (χ1) is 7.71. The van der Waals surface area contributed by atoms with Crippen molar-refractivity contribution in [2.45, 2.75) is 40.0 Å². The molecule has 0 saturated heterocycles. The molecule has 3 heteroatoms. The van der Waals surface area contributed by atoms with Crippen molar-refractivity contribution in [2.75, 3.05) is 6.61 Å². The van der Waals surface area contributed by atoms with E-state index in [1.807, 2.05) is 13.8 Å². The number of aliphatic carboxylic acids is 1. The van der Waals surface area contributed by atoms with E-state index in [2.05, 4.69) is 32.9 Å². The average Bonchev–Trinajstić information content (AvgIpc) is 2.14. The molecule has 1 aromatic carbocycles. The summed E-state index contributed by atoms with van der Waals surface area (Å²) in [7, 11) is 0. The summed E-state index contributed by atoms with van der Waals surface area (Å²) in [5, 5.41) is 8.62. The molecule has 0 aromatic heterocycles. The summed E-state index contributed by atoms with van der Waals surface area (Å²) in [4.78, 5) is 10.5. The molecule has 94 valence electrons. The van der Waals surface area contributed by atoms with Crippen LogP contribution in [-0.2, 0) is 10.2 Å². The third kappa shape index (κ3) is 3.48. The molecule has 0 spiro atoms. The van der Waals surface area contributed by atoms with Gasteiger partial charge in [0.05, 0.1) is 0 Å². The molecule has 0 saturated carbocycles. The maximum atomic E-state index is 10.5. The Bertz CT molecular complexity index is 405. The lowest BCUT2D eigenvalue weighted by Gasteiger charge is -2.22. The van der Waals surface area contributed by atoms with Gasteiger partial charge >= 0.3 is 5.97 Å². The van der Waals surface area contributed by atoms with Gasteiger partial charge in [0.2, 0.25) is 0 Å². The highest BCUT2D eigenvalue weighted by atomic mass is 16.5. The van der Waals surface area contributed by atoms with Crippen LogP contribution < -0.4 is 4.74 Å². The second kappa shape index (κ2) is 4.78. The Morgan fingerprint density at radius 3 is 2.06 bits per heavy atom. The maximum absolute atomic E-state index is 10.5. The molecule has 0 amide bonds. The third-order valence-corrected chi connectivity index (χ3v) is 2.67. The minimum Gasteiger partial charge on any atom is -0.481 e. The van der Waals surface area contributed by atoms with Gasteiger partial charge in [-0.1, -0.05) is 32.9 Å². The lowest BCUT2D eigenvalue weighted by molar-refractivity contribution is -0.139. The monoisotopic (exact) mass is 236 g/mol. The second-order valence-corrected chi connectivity index (χ2v) is 5.37. The van der Waals surface area contributed by atoms with Crippen LogP contribution in [0.4, 0.5) is 0 Å². The molecule has 0 heterocycles. The van der Waals surface area contributed by atoms with Crippen LogP contribution in [0.25, 0.3) is 0 Å². The molecule has 1 N–H and O–H groups in total. The van der Waals surface area contributed by atoms with Crippen molar-refractivity contribution in [2.24, 2.45) is 0 Å². The molecule has 0 atom stereocenters. The van der Waals surface area contributed by atoms with Gasteiger partial charge < -0.3 is 9.84 Å². The minimum atomic E-state index is -0.955. The Labute approximate surface area is 102 Å². The fraction of sp³-hybridized carbons (Fsp3) is 0.500. The quantitative estimate of drug-likeness (QED) is 0.877. The summed E-state index contributed by atoms with van der Waals surface area (Å²) in [5.74, 6) is -0.274. The molecular formula is C14H20O3. The summed E-state index contributed by atoms with van der Waals surface area (Å²) in [6.45, 7) is 10.0. The van der Waals surface area contributed by atoms with Gasteiger partial charge in [-0.3, -0.25) is 0 Å². The molecular weight excluding hydrogens is 216 g/mol. The minimum absolute atomic E-state index is 0.0842. The van der Waals surface area contributed by atoms with Crippen LogP contribution in [0.2, 0.25) is 0 Å². The number of carboxylic acid groups (broad SMARTS) is 1. The molecule has 0 aliphatic carbocycles. The Morgan fingerprint density at radius 1 is 1.24 bits per heavy atom. The van der Waals surface area contributed by atoms with Crippen molar-refractivity contribution < 1.29 is 14.6 Å². The van der Waals surface area contributed by atoms with E-state index in [4.69, 9.17) is 9.84 Å². The number of hydrogen-bond donors (Lipinski definition) is 1. The average molecular weight is 236 g/mol. The van der Waals surface area contributed by atoms with Crippen molar-refractivity contribution in [3.63, 3.8) is 0 Å². The Morgan fingerprint density at radius 2 is 1.71 bits per heavy atom. The second-order valence-electron chi connectivity index (χ2n) is 5.37. The summed E-state index contributed by atoms with van der Waals surface area (Å²) >= 11 is 0. The molecule has 0 aliphatic rings. The van der Waals surface area contributed by atoms with Crippen LogP contribution in [0.3, 0.4) is 0 Å². The first kappa shape index (κ1) is 13.6. The van der Waals surface area contributed by atoms with E-state index in [1.54, 1.807) is 0 Å². The van der Waals surface area contributed by atoms with E-state index in [0.717, 1.165) is 11.1 Å². The number of carbonyl (C=O) groups is 1. The van der Waals surface area contributed by atoms with Gasteiger partial charge in [0.1, 0.15) is 5.75 Å². The summed E-state index contributed by atoms with van der Waals surface area (Å²) in [6, 6.07) is 4.12. The number of carboxylic acids is 1. The van der Waals surface area contributed by atoms with E-state index in [9.17, 15) is 4.79 Å². The predicted molar refractivity (Wildman–Crippen MR) is 67.7 cm³/mol. The van der Waals surface area contributed by atoms with Crippen molar-refractivity contribution >= 4 is 5.97 Å². The number of rotatable bonds is 3. The lowest BCUT2D eigenvalue weighted by Crippen LogP contribution is -2.14. The fourth-order valence-corrected chi connectivity index (χ4v) is 1.74. The highest BCUT2D eigenvalue weighted by Crippen LogP contribution is 2.30. The molecule has 17 heavy (non-hydrogen) atoms. The first-order valence-corrected chi connectivity index (χ1v) is 5.68. The zero-order valence-electron chi connectivity index (χ0n) is 11.1. The van der Waals surface area contributed by atoms with Crippen LogP contribution in [0.15, 0.2) is 12.1 Å². The van der Waals surface area contributed by atoms with Gasteiger partial charge in [-0.2, -0.15) is 0 Å². The highest BCUT2D eigenvalue weighted by Gasteiger charge is 2.17. The zero-order chi connectivity index (χ0) is 13.2. The van der Waals surface area contributed by atoms with Crippen molar-refractivity contribution in [3.05, 3.63) is 28.8 Å². The van der Waals surface area contributed by atoms with E-state index >= 15 is 0 Å². The van der Waals surface area contributed by atoms with Crippen molar-refractivity contribution in [1.29, 1.82) is 0 Å². The Hall–Kier alpha value is -1.51. The first-order valence-electron chi connectivity index (χ1n) is 5.68. The van der Waals surface area contributed by atoms with Crippen molar-refractivity contribution in [1.82, 2.24) is 0 Å². The van der Waals surface area contributed by atoms with Crippen molar-refractivity contribution in [3.8, 4) is 5.75 Å². The lowest BCUT2D eigenvalue weighted by atomic mass is 9.85. The number of aryl methyl sites for hydroxylation is 2. The summed E-state index contributed by atoms with van der Waals surface area (Å²) in [5.41, 5.74) is 3.28. The van der Waals surface area contributed by atoms with Gasteiger partial charge in [-0.15, -0.1) is 0 Å². The highest BCUT2D eigenvalue weighted by molar-refractivity contribution is 5.68. The van der Waals surface area contributed by atoms with Gasteiger partial charge in [-0.25, -0.2) is 4.79 Å². The van der Waals surface area contributed by atoms with E-state index < -0.39 is 5.97 Å². The summed E-state index contributed by atoms with van der Waals surface area (Å²) < 4.78 is 5.30. The van der Waals surface area contributed by atoms with Crippen LogP contribution in [0.1, 0.15) is 37.5 Å². The number of hydrogen-bond acceptors (Lipinski definition) is 2. The van der Waals surface area contributed by atoms with Crippen LogP contribution in [0, 0.1) is 13.8 Å². The maximum Gasteiger partial charge on any atom is 0.341 e. The number of benzene rings is 1. The van der Waals surface area contributed by atoms with Gasteiger partial charge in [0.25, 0.3) is 0 Å². The Balaban J connectivity index is 3.07. The standard InChI is InChI=1S/C14H20O3/c1-9-6-11(14(3,4)5)7-10(2)13(9)17-8-12(15)16/h6-7H,8H2,1-5H3,(H,15,16). The molecule has 0 aliphatic heterocycles. The molecule has 3 nitrogen and oxygen atoms in total. The smallest absolute Gasteiger partial charge is 0.341 e. The summed E-state index contributed by atoms with van der Waals surface area (Å²) in [6.07, 6.45) is 0. The van der Waals surface area contributed by atoms with Crippen LogP contribution in [-0.4, -0.2) is 17.7 Å². The topological polar surface area (TPSA) is 46.5 Å². The Kier molecular flexibility index (Phi) is 3.81. The zero-order valence-corrected chi connectivity index (χ0v) is 11.1. The largest absolute Gasteiger partial charge is 0.481 e. The van der Waals surface area contributed by atoms with E-state index in [-0.39, 0.29) is 12.0 Å². The molecule has 0 bridgehead atoms. The molecule has 0 radical (unpaired) electrons. The van der Waals surface area contributed by atoms with E-state index in [0.29, 0.717) is 5.75 Å². The van der Waals surface area contributed by atoms with Crippen LogP contribution >= 0.6 is 0 Å². The fourth-order valence-electron chi connectivity index (χ4n) is 1.74. The van der Waals surface area contributed by atoms with Gasteiger partial charge in [-0.05, 0) is 36.0 Å². The molecule has 1 aromatic rings. The predicted octanol–water partition coefficient (Wildman–Crippen LogP) is 3.06. The molecule has 1 rings (SSSR count). The van der Waals surface area contributed by atoms with Crippen LogP contribution in [0.5, 0.6) is 5.75 Å². The molecule has 0 fully saturated rings. The number of ether oxygens (including phenoxy) is 1. The van der Waals surface area contributed by atoms with E-state index in [1.165, 1.54) is 5.56 Å². The molecule has 0 unspecified atom stereocenters. The van der Waals surface area contributed by atoms with Gasteiger partial charge in [0, 0.05) is 0 Å². The van der Waals surface area contributed by atoms with Gasteiger partial charge in [0.15, 0.2) is 6.61 Å².